The van der Waals surface area contributed by atoms with Gasteiger partial charge in [-0.3, -0.25) is 4.98 Å². The molecule has 2 aromatic rings. The second-order valence-corrected chi connectivity index (χ2v) is 4.05. The number of carboxylic acid groups (broad SMARTS) is 1. The minimum absolute atomic E-state index is 0.0395. The van der Waals surface area contributed by atoms with Gasteiger partial charge in [-0.05, 0) is 30.2 Å². The molecule has 0 atom stereocenters. The Bertz CT molecular complexity index is 567. The first-order chi connectivity index (χ1) is 9.20. The summed E-state index contributed by atoms with van der Waals surface area (Å²) in [5.41, 5.74) is 3.01. The summed E-state index contributed by atoms with van der Waals surface area (Å²) >= 11 is 0. The Morgan fingerprint density at radius 2 is 2.16 bits per heavy atom. The van der Waals surface area contributed by atoms with Crippen LogP contribution in [-0.2, 0) is 13.0 Å². The number of hydrogen-bond donors (Lipinski definition) is 2. The molecule has 0 saturated heterocycles. The fourth-order valence-corrected chi connectivity index (χ4v) is 1.76. The number of nitrogens with one attached hydrogen (secondary N) is 1. The molecule has 98 valence electrons. The van der Waals surface area contributed by atoms with Gasteiger partial charge < -0.3 is 10.4 Å². The second-order valence-electron chi connectivity index (χ2n) is 4.05. The average molecular weight is 257 g/mol. The molecule has 0 aliphatic heterocycles. The van der Waals surface area contributed by atoms with Gasteiger partial charge in [-0.1, -0.05) is 13.0 Å². The van der Waals surface area contributed by atoms with Crippen molar-refractivity contribution in [3.05, 3.63) is 53.6 Å². The molecule has 0 aliphatic rings. The van der Waals surface area contributed by atoms with Gasteiger partial charge >= 0.3 is 5.97 Å². The van der Waals surface area contributed by atoms with E-state index in [1.165, 1.54) is 17.8 Å². The third kappa shape index (κ3) is 3.28. The highest BCUT2D eigenvalue weighted by atomic mass is 16.4. The summed E-state index contributed by atoms with van der Waals surface area (Å²) in [5.74, 6) is -1.02. The molecule has 0 unspecified atom stereocenters. The van der Waals surface area contributed by atoms with Crippen molar-refractivity contribution in [1.82, 2.24) is 9.97 Å². The maximum Gasteiger partial charge on any atom is 0.354 e. The van der Waals surface area contributed by atoms with Crippen molar-refractivity contribution >= 4 is 11.7 Å². The number of nitrogens with zero attached hydrogens (tertiary/aromatic N) is 2. The van der Waals surface area contributed by atoms with Gasteiger partial charge in [-0.15, -0.1) is 0 Å². The quantitative estimate of drug-likeness (QED) is 0.860. The minimum atomic E-state index is -1.02. The van der Waals surface area contributed by atoms with E-state index >= 15 is 0 Å². The topological polar surface area (TPSA) is 75.1 Å². The van der Waals surface area contributed by atoms with Gasteiger partial charge in [0.25, 0.3) is 0 Å². The highest BCUT2D eigenvalue weighted by molar-refractivity contribution is 5.85. The Morgan fingerprint density at radius 3 is 2.79 bits per heavy atom. The fourth-order valence-electron chi connectivity index (χ4n) is 1.76. The van der Waals surface area contributed by atoms with E-state index in [0.29, 0.717) is 6.54 Å². The number of anilines is 1. The molecular formula is C14H15N3O2. The first-order valence-corrected chi connectivity index (χ1v) is 6.06. The molecule has 2 rings (SSSR count). The maximum absolute atomic E-state index is 10.7. The molecule has 0 bridgehead atoms. The van der Waals surface area contributed by atoms with Crippen molar-refractivity contribution in [2.24, 2.45) is 0 Å². The van der Waals surface area contributed by atoms with Gasteiger partial charge in [0.2, 0.25) is 0 Å². The van der Waals surface area contributed by atoms with Crippen LogP contribution in [0.5, 0.6) is 0 Å². The zero-order valence-corrected chi connectivity index (χ0v) is 10.6. The molecular weight excluding hydrogens is 242 g/mol. The van der Waals surface area contributed by atoms with Crippen LogP contribution in [0.2, 0.25) is 0 Å². The fraction of sp³-hybridized carbons (Fsp3) is 0.214. The monoisotopic (exact) mass is 257 g/mol. The molecule has 5 heteroatoms. The molecule has 0 radical (unpaired) electrons. The van der Waals surface area contributed by atoms with Crippen molar-refractivity contribution in [3.63, 3.8) is 0 Å². The summed E-state index contributed by atoms with van der Waals surface area (Å²) in [6, 6.07) is 7.15. The first-order valence-electron chi connectivity index (χ1n) is 6.06. The van der Waals surface area contributed by atoms with Gasteiger partial charge in [0, 0.05) is 6.20 Å². The van der Waals surface area contributed by atoms with E-state index in [9.17, 15) is 4.79 Å². The first kappa shape index (κ1) is 13.0. The van der Waals surface area contributed by atoms with Crippen LogP contribution < -0.4 is 5.32 Å². The maximum atomic E-state index is 10.7. The highest BCUT2D eigenvalue weighted by Crippen LogP contribution is 2.11. The average Bonchev–Trinajstić information content (AvgIpc) is 2.45. The number of carboxylic acids is 1. The van der Waals surface area contributed by atoms with Crippen LogP contribution >= 0.6 is 0 Å². The molecule has 0 aliphatic carbocycles. The SMILES string of the molecule is CCc1cccnc1CNc1ccc(C(=O)O)nc1. The van der Waals surface area contributed by atoms with Crippen LogP contribution in [0.15, 0.2) is 36.7 Å². The van der Waals surface area contributed by atoms with Crippen LogP contribution in [0, 0.1) is 0 Å². The van der Waals surface area contributed by atoms with Gasteiger partial charge in [0.1, 0.15) is 5.69 Å². The second kappa shape index (κ2) is 5.95. The van der Waals surface area contributed by atoms with Gasteiger partial charge in [0.05, 0.1) is 24.1 Å². The van der Waals surface area contributed by atoms with Crippen LogP contribution in [0.25, 0.3) is 0 Å². The smallest absolute Gasteiger partial charge is 0.354 e. The zero-order valence-electron chi connectivity index (χ0n) is 10.6. The third-order valence-electron chi connectivity index (χ3n) is 2.81. The van der Waals surface area contributed by atoms with E-state index in [1.807, 2.05) is 6.07 Å². The van der Waals surface area contributed by atoms with E-state index in [4.69, 9.17) is 5.11 Å². The number of aromatic carboxylic acids is 1. The van der Waals surface area contributed by atoms with E-state index in [0.717, 1.165) is 17.8 Å². The molecule has 0 saturated carbocycles. The van der Waals surface area contributed by atoms with Crippen molar-refractivity contribution in [3.8, 4) is 0 Å². The van der Waals surface area contributed by atoms with Crippen molar-refractivity contribution in [2.75, 3.05) is 5.32 Å². The summed E-state index contributed by atoms with van der Waals surface area (Å²) in [5, 5.41) is 11.9. The largest absolute Gasteiger partial charge is 0.477 e. The van der Waals surface area contributed by atoms with Gasteiger partial charge in [-0.25, -0.2) is 9.78 Å². The molecule has 2 N–H and O–H groups in total. The van der Waals surface area contributed by atoms with Gasteiger partial charge in [-0.2, -0.15) is 0 Å². The summed E-state index contributed by atoms with van der Waals surface area (Å²) in [6.45, 7) is 2.68. The van der Waals surface area contributed by atoms with E-state index in [2.05, 4.69) is 28.3 Å². The standard InChI is InChI=1S/C14H15N3O2/c1-2-10-4-3-7-15-13(10)9-16-11-5-6-12(14(18)19)17-8-11/h3-8,16H,2,9H2,1H3,(H,18,19). The Morgan fingerprint density at radius 1 is 1.32 bits per heavy atom. The van der Waals surface area contributed by atoms with Crippen molar-refractivity contribution < 1.29 is 9.90 Å². The van der Waals surface area contributed by atoms with E-state index in [1.54, 1.807) is 12.3 Å². The van der Waals surface area contributed by atoms with Crippen LogP contribution in [0.3, 0.4) is 0 Å². The lowest BCUT2D eigenvalue weighted by molar-refractivity contribution is 0.0690. The van der Waals surface area contributed by atoms with E-state index < -0.39 is 5.97 Å². The normalized spacial score (nSPS) is 10.2. The van der Waals surface area contributed by atoms with E-state index in [-0.39, 0.29) is 5.69 Å². The molecule has 5 nitrogen and oxygen atoms in total. The van der Waals surface area contributed by atoms with Crippen molar-refractivity contribution in [1.29, 1.82) is 0 Å². The number of carbonyl (C=O) groups is 1. The molecule has 2 aromatic heterocycles. The Hall–Kier alpha value is -2.43. The number of rotatable bonds is 5. The summed E-state index contributed by atoms with van der Waals surface area (Å²) in [4.78, 5) is 18.9. The van der Waals surface area contributed by atoms with Crippen LogP contribution in [0.1, 0.15) is 28.7 Å². The molecule has 2 heterocycles. The molecule has 19 heavy (non-hydrogen) atoms. The molecule has 0 spiro atoms. The lowest BCUT2D eigenvalue weighted by atomic mass is 10.1. The van der Waals surface area contributed by atoms with Crippen LogP contribution in [-0.4, -0.2) is 21.0 Å². The predicted octanol–water partition coefficient (Wildman–Crippen LogP) is 2.35. The number of pyridine rings is 2. The molecule has 0 amide bonds. The van der Waals surface area contributed by atoms with Crippen LogP contribution in [0.4, 0.5) is 5.69 Å². The number of aryl methyl sites for hydroxylation is 1. The summed E-state index contributed by atoms with van der Waals surface area (Å²) < 4.78 is 0. The third-order valence-corrected chi connectivity index (χ3v) is 2.81. The number of hydrogen-bond acceptors (Lipinski definition) is 4. The predicted molar refractivity (Wildman–Crippen MR) is 72.1 cm³/mol. The molecule has 0 fully saturated rings. The summed E-state index contributed by atoms with van der Waals surface area (Å²) in [7, 11) is 0. The summed E-state index contributed by atoms with van der Waals surface area (Å²) in [6.07, 6.45) is 4.21. The van der Waals surface area contributed by atoms with Gasteiger partial charge in [0.15, 0.2) is 0 Å². The lowest BCUT2D eigenvalue weighted by Crippen LogP contribution is -2.06. The Balaban J connectivity index is 2.04. The lowest BCUT2D eigenvalue weighted by Gasteiger charge is -2.09. The minimum Gasteiger partial charge on any atom is -0.477 e. The highest BCUT2D eigenvalue weighted by Gasteiger charge is 2.04. The Kier molecular flexibility index (Phi) is 4.07. The number of aromatic nitrogens is 2. The Labute approximate surface area is 111 Å². The molecule has 0 aromatic carbocycles. The zero-order chi connectivity index (χ0) is 13.7. The van der Waals surface area contributed by atoms with Crippen molar-refractivity contribution in [2.45, 2.75) is 19.9 Å².